The molecule has 8 heteroatoms. The molecule has 0 aliphatic carbocycles. The first-order chi connectivity index (χ1) is 17.5. The molecule has 0 spiro atoms. The molecule has 0 heterocycles. The number of carbonyl (C=O) groups excluding carboxylic acids is 3. The first-order valence-corrected chi connectivity index (χ1v) is 13.4. The molecule has 2 aromatic carbocycles. The molecule has 194 valence electrons. The van der Waals surface area contributed by atoms with Gasteiger partial charge in [0.25, 0.3) is 5.91 Å². The SMILES string of the molecule is CCCCCCCCCCCC(=O)NCC(=O)N/N=C\c1ccc(OC(=O)c2ccccc2Br)cc1. The third-order valence-electron chi connectivity index (χ3n) is 5.54. The standard InChI is InChI=1S/C28H36BrN3O4/c1-2-3-4-5-6-7-8-9-10-15-26(33)30-21-27(34)32-31-20-22-16-18-23(19-17-22)36-28(35)24-13-11-12-14-25(24)29/h11-14,16-20H,2-10,15,21H2,1H3,(H,30,33)(H,32,34)/b31-20-. The van der Waals surface area contributed by atoms with Crippen molar-refractivity contribution in [3.05, 3.63) is 64.1 Å². The summed E-state index contributed by atoms with van der Waals surface area (Å²) in [6.07, 6.45) is 12.7. The van der Waals surface area contributed by atoms with Crippen LogP contribution in [0.3, 0.4) is 0 Å². The van der Waals surface area contributed by atoms with Gasteiger partial charge >= 0.3 is 5.97 Å². The number of halogens is 1. The van der Waals surface area contributed by atoms with Gasteiger partial charge in [0.2, 0.25) is 5.91 Å². The van der Waals surface area contributed by atoms with Crippen LogP contribution in [0.15, 0.2) is 58.1 Å². The van der Waals surface area contributed by atoms with Crippen molar-refractivity contribution in [3.63, 3.8) is 0 Å². The van der Waals surface area contributed by atoms with Crippen LogP contribution in [0.2, 0.25) is 0 Å². The van der Waals surface area contributed by atoms with Crippen molar-refractivity contribution in [1.29, 1.82) is 0 Å². The Morgan fingerprint density at radius 3 is 2.17 bits per heavy atom. The molecule has 2 rings (SSSR count). The third kappa shape index (κ3) is 12.1. The maximum absolute atomic E-state index is 12.3. The minimum atomic E-state index is -0.462. The van der Waals surface area contributed by atoms with Gasteiger partial charge in [-0.2, -0.15) is 5.10 Å². The third-order valence-corrected chi connectivity index (χ3v) is 6.23. The number of hydrogen-bond donors (Lipinski definition) is 2. The number of esters is 1. The van der Waals surface area contributed by atoms with Crippen LogP contribution in [0.25, 0.3) is 0 Å². The normalized spacial score (nSPS) is 10.8. The van der Waals surface area contributed by atoms with Gasteiger partial charge in [-0.3, -0.25) is 9.59 Å². The number of amides is 2. The van der Waals surface area contributed by atoms with E-state index in [9.17, 15) is 14.4 Å². The molecule has 2 amide bonds. The zero-order chi connectivity index (χ0) is 26.0. The molecule has 0 unspecified atom stereocenters. The molecule has 0 radical (unpaired) electrons. The lowest BCUT2D eigenvalue weighted by Gasteiger charge is -2.06. The van der Waals surface area contributed by atoms with Crippen LogP contribution >= 0.6 is 15.9 Å². The fourth-order valence-electron chi connectivity index (χ4n) is 3.49. The molecule has 0 fully saturated rings. The quantitative estimate of drug-likeness (QED) is 0.0849. The molecular formula is C28H36BrN3O4. The van der Waals surface area contributed by atoms with E-state index in [-0.39, 0.29) is 12.5 Å². The Bertz CT molecular complexity index is 993. The number of nitrogens with one attached hydrogen (secondary N) is 2. The van der Waals surface area contributed by atoms with Crippen LogP contribution in [0.1, 0.15) is 87.1 Å². The monoisotopic (exact) mass is 557 g/mol. The molecule has 2 aromatic rings. The number of benzene rings is 2. The van der Waals surface area contributed by atoms with Crippen LogP contribution in [0.4, 0.5) is 0 Å². The first kappa shape index (κ1) is 29.2. The summed E-state index contributed by atoms with van der Waals surface area (Å²) in [5.41, 5.74) is 3.54. The molecular weight excluding hydrogens is 522 g/mol. The summed E-state index contributed by atoms with van der Waals surface area (Å²) in [6.45, 7) is 2.11. The topological polar surface area (TPSA) is 96.9 Å². The van der Waals surface area contributed by atoms with Gasteiger partial charge in [-0.25, -0.2) is 10.2 Å². The molecule has 0 saturated heterocycles. The fourth-order valence-corrected chi connectivity index (χ4v) is 3.94. The van der Waals surface area contributed by atoms with E-state index in [0.717, 1.165) is 19.3 Å². The summed E-state index contributed by atoms with van der Waals surface area (Å²) in [5.74, 6) is -0.585. The Morgan fingerprint density at radius 2 is 1.50 bits per heavy atom. The van der Waals surface area contributed by atoms with Crippen LogP contribution < -0.4 is 15.5 Å². The Balaban J connectivity index is 1.59. The maximum atomic E-state index is 12.3. The predicted molar refractivity (Wildman–Crippen MR) is 146 cm³/mol. The average molecular weight is 559 g/mol. The number of hydrogen-bond acceptors (Lipinski definition) is 5. The average Bonchev–Trinajstić information content (AvgIpc) is 2.87. The molecule has 0 aromatic heterocycles. The maximum Gasteiger partial charge on any atom is 0.344 e. The molecule has 0 aliphatic heterocycles. The first-order valence-electron chi connectivity index (χ1n) is 12.6. The van der Waals surface area contributed by atoms with E-state index in [0.29, 0.717) is 27.8 Å². The second-order valence-electron chi connectivity index (χ2n) is 8.59. The number of ether oxygens (including phenoxy) is 1. The Morgan fingerprint density at radius 1 is 0.861 bits per heavy atom. The van der Waals surface area contributed by atoms with Crippen LogP contribution in [0.5, 0.6) is 5.75 Å². The number of rotatable bonds is 16. The summed E-state index contributed by atoms with van der Waals surface area (Å²) in [7, 11) is 0. The lowest BCUT2D eigenvalue weighted by atomic mass is 10.1. The van der Waals surface area contributed by atoms with Crippen molar-refractivity contribution in [2.45, 2.75) is 71.1 Å². The highest BCUT2D eigenvalue weighted by molar-refractivity contribution is 9.10. The van der Waals surface area contributed by atoms with Gasteiger partial charge < -0.3 is 10.1 Å². The number of carbonyl (C=O) groups is 3. The second kappa shape index (κ2) is 17.4. The van der Waals surface area contributed by atoms with E-state index in [2.05, 4.69) is 38.7 Å². The lowest BCUT2D eigenvalue weighted by Crippen LogP contribution is -2.34. The Labute approximate surface area is 222 Å². The Hall–Kier alpha value is -3.00. The minimum Gasteiger partial charge on any atom is -0.423 e. The lowest BCUT2D eigenvalue weighted by molar-refractivity contribution is -0.126. The van der Waals surface area contributed by atoms with E-state index in [1.165, 1.54) is 44.7 Å². The van der Waals surface area contributed by atoms with Crippen molar-refractivity contribution < 1.29 is 19.1 Å². The largest absolute Gasteiger partial charge is 0.423 e. The van der Waals surface area contributed by atoms with Gasteiger partial charge in [0.05, 0.1) is 18.3 Å². The number of unbranched alkanes of at least 4 members (excludes halogenated alkanes) is 8. The highest BCUT2D eigenvalue weighted by Gasteiger charge is 2.11. The van der Waals surface area contributed by atoms with E-state index in [4.69, 9.17) is 4.74 Å². The molecule has 2 N–H and O–H groups in total. The minimum absolute atomic E-state index is 0.114. The van der Waals surface area contributed by atoms with Gasteiger partial charge in [0.1, 0.15) is 5.75 Å². The Kier molecular flexibility index (Phi) is 14.2. The van der Waals surface area contributed by atoms with E-state index in [1.54, 1.807) is 42.5 Å². The zero-order valence-electron chi connectivity index (χ0n) is 20.9. The number of hydrazone groups is 1. The van der Waals surface area contributed by atoms with E-state index >= 15 is 0 Å². The molecule has 7 nitrogen and oxygen atoms in total. The molecule has 36 heavy (non-hydrogen) atoms. The molecule has 0 atom stereocenters. The van der Waals surface area contributed by atoms with Crippen molar-refractivity contribution in [2.75, 3.05) is 6.54 Å². The van der Waals surface area contributed by atoms with Gasteiger partial charge in [-0.1, -0.05) is 70.4 Å². The fraction of sp³-hybridized carbons (Fsp3) is 0.429. The van der Waals surface area contributed by atoms with Gasteiger partial charge in [-0.15, -0.1) is 0 Å². The van der Waals surface area contributed by atoms with Crippen molar-refractivity contribution in [2.24, 2.45) is 5.10 Å². The van der Waals surface area contributed by atoms with E-state index < -0.39 is 11.9 Å². The molecule has 0 aliphatic rings. The molecule has 0 bridgehead atoms. The summed E-state index contributed by atoms with van der Waals surface area (Å²) in [5, 5.41) is 6.52. The zero-order valence-corrected chi connectivity index (χ0v) is 22.5. The summed E-state index contributed by atoms with van der Waals surface area (Å²) < 4.78 is 6.04. The van der Waals surface area contributed by atoms with E-state index in [1.807, 2.05) is 6.07 Å². The van der Waals surface area contributed by atoms with Gasteiger partial charge in [0.15, 0.2) is 0 Å². The van der Waals surface area contributed by atoms with Crippen molar-refractivity contribution >= 4 is 39.9 Å². The summed E-state index contributed by atoms with van der Waals surface area (Å²) in [4.78, 5) is 36.1. The van der Waals surface area contributed by atoms with Crippen LogP contribution in [-0.4, -0.2) is 30.5 Å². The highest BCUT2D eigenvalue weighted by Crippen LogP contribution is 2.19. The summed E-state index contributed by atoms with van der Waals surface area (Å²) >= 11 is 3.33. The summed E-state index contributed by atoms with van der Waals surface area (Å²) in [6, 6.07) is 13.7. The van der Waals surface area contributed by atoms with Gasteiger partial charge in [0, 0.05) is 10.9 Å². The van der Waals surface area contributed by atoms with Crippen LogP contribution in [0, 0.1) is 0 Å². The van der Waals surface area contributed by atoms with Crippen molar-refractivity contribution in [1.82, 2.24) is 10.7 Å². The van der Waals surface area contributed by atoms with Crippen LogP contribution in [-0.2, 0) is 9.59 Å². The van der Waals surface area contributed by atoms with Crippen molar-refractivity contribution in [3.8, 4) is 5.75 Å². The predicted octanol–water partition coefficient (Wildman–Crippen LogP) is 6.16. The van der Waals surface area contributed by atoms with Gasteiger partial charge in [-0.05, 0) is 64.3 Å². The number of nitrogens with zero attached hydrogens (tertiary/aromatic N) is 1. The highest BCUT2D eigenvalue weighted by atomic mass is 79.9. The smallest absolute Gasteiger partial charge is 0.344 e. The second-order valence-corrected chi connectivity index (χ2v) is 9.44. The molecule has 0 saturated carbocycles.